The van der Waals surface area contributed by atoms with Gasteiger partial charge >= 0.3 is 5.97 Å². The van der Waals surface area contributed by atoms with Gasteiger partial charge in [0.1, 0.15) is 25.0 Å². The van der Waals surface area contributed by atoms with Crippen LogP contribution in [-0.2, 0) is 19.2 Å². The Morgan fingerprint density at radius 3 is 2.78 bits per heavy atom. The van der Waals surface area contributed by atoms with Gasteiger partial charge in [-0.15, -0.1) is 0 Å². The molecule has 2 aliphatic rings. The van der Waals surface area contributed by atoms with Crippen molar-refractivity contribution in [2.45, 2.75) is 37.4 Å². The maximum Gasteiger partial charge on any atom is 0.322 e. The van der Waals surface area contributed by atoms with Crippen molar-refractivity contribution in [2.75, 3.05) is 6.54 Å². The van der Waals surface area contributed by atoms with E-state index in [9.17, 15) is 19.2 Å². The summed E-state index contributed by atoms with van der Waals surface area (Å²) in [4.78, 5) is 53.7. The minimum absolute atomic E-state index is 0.151. The van der Waals surface area contributed by atoms with Crippen molar-refractivity contribution < 1.29 is 24.3 Å². The van der Waals surface area contributed by atoms with Crippen LogP contribution in [0.4, 0.5) is 0 Å². The molecule has 10 nitrogen and oxygen atoms in total. The number of hydrogen-bond donors (Lipinski definition) is 4. The van der Waals surface area contributed by atoms with Crippen molar-refractivity contribution >= 4 is 36.2 Å². The molecule has 0 spiro atoms. The number of carbonyl (C=O) groups excluding carboxylic acids is 3. The zero-order valence-electron chi connectivity index (χ0n) is 12.2. The molecule has 1 saturated heterocycles. The van der Waals surface area contributed by atoms with Crippen LogP contribution in [0.3, 0.4) is 0 Å². The average Bonchev–Trinajstić information content (AvgIpc) is 3.15. The number of carboxylic acid groups (broad SMARTS) is 1. The number of amides is 3. The fourth-order valence-corrected chi connectivity index (χ4v) is 2.26. The Morgan fingerprint density at radius 2 is 2.22 bits per heavy atom. The predicted molar refractivity (Wildman–Crippen MR) is 79.1 cm³/mol. The lowest BCUT2D eigenvalue weighted by molar-refractivity contribution is -0.138. The highest BCUT2D eigenvalue weighted by atomic mass is 16.4. The number of carboxylic acids is 1. The lowest BCUT2D eigenvalue weighted by Crippen LogP contribution is -2.53. The Labute approximate surface area is 131 Å². The molecule has 3 amide bonds. The van der Waals surface area contributed by atoms with E-state index in [-0.39, 0.29) is 24.8 Å². The third-order valence-corrected chi connectivity index (χ3v) is 3.42. The van der Waals surface area contributed by atoms with Crippen LogP contribution in [0.15, 0.2) is 9.98 Å². The monoisotopic (exact) mass is 323 g/mol. The van der Waals surface area contributed by atoms with Crippen LogP contribution in [-0.4, -0.2) is 66.0 Å². The van der Waals surface area contributed by atoms with Crippen molar-refractivity contribution in [1.82, 2.24) is 16.0 Å². The molecule has 1 fully saturated rings. The van der Waals surface area contributed by atoms with E-state index in [4.69, 9.17) is 5.11 Å². The second kappa shape index (κ2) is 7.47. The first kappa shape index (κ1) is 16.6. The van der Waals surface area contributed by atoms with Gasteiger partial charge in [0.05, 0.1) is 6.04 Å². The zero-order valence-corrected chi connectivity index (χ0v) is 12.2. The first-order valence-corrected chi connectivity index (χ1v) is 7.10. The Hall–Kier alpha value is -2.78. The van der Waals surface area contributed by atoms with Gasteiger partial charge in [0.2, 0.25) is 17.7 Å². The van der Waals surface area contributed by atoms with Crippen molar-refractivity contribution in [3.63, 3.8) is 0 Å². The summed E-state index contributed by atoms with van der Waals surface area (Å²) in [6.07, 6.45) is 3.64. The summed E-state index contributed by atoms with van der Waals surface area (Å²) in [7, 11) is 0. The molecular weight excluding hydrogens is 306 g/mol. The minimum atomic E-state index is -1.19. The third-order valence-electron chi connectivity index (χ3n) is 3.42. The molecule has 0 bridgehead atoms. The maximum atomic E-state index is 12.1. The SMILES string of the molecule is O=C(O)CNC(=O)[C@H](CC1C=NC=N1)NC(=O)[C@@H]1CCC(=O)N1. The summed E-state index contributed by atoms with van der Waals surface area (Å²) in [6.45, 7) is -0.548. The molecular formula is C13H17N5O5. The lowest BCUT2D eigenvalue weighted by atomic mass is 10.1. The molecule has 2 heterocycles. The van der Waals surface area contributed by atoms with E-state index in [1.807, 2.05) is 0 Å². The van der Waals surface area contributed by atoms with Crippen LogP contribution in [0.2, 0.25) is 0 Å². The Balaban J connectivity index is 1.96. The van der Waals surface area contributed by atoms with Crippen molar-refractivity contribution in [1.29, 1.82) is 0 Å². The van der Waals surface area contributed by atoms with Crippen LogP contribution < -0.4 is 16.0 Å². The Kier molecular flexibility index (Phi) is 5.39. The fourth-order valence-electron chi connectivity index (χ4n) is 2.26. The van der Waals surface area contributed by atoms with Gasteiger partial charge in [-0.05, 0) is 6.42 Å². The van der Waals surface area contributed by atoms with Gasteiger partial charge in [-0.25, -0.2) is 4.99 Å². The summed E-state index contributed by atoms with van der Waals surface area (Å²) < 4.78 is 0. The third kappa shape index (κ3) is 4.87. The molecule has 1 unspecified atom stereocenters. The van der Waals surface area contributed by atoms with E-state index in [0.29, 0.717) is 6.42 Å². The predicted octanol–water partition coefficient (Wildman–Crippen LogP) is -2.18. The van der Waals surface area contributed by atoms with Crippen molar-refractivity contribution in [2.24, 2.45) is 9.98 Å². The minimum Gasteiger partial charge on any atom is -0.480 e. The summed E-state index contributed by atoms with van der Waals surface area (Å²) in [6, 6.07) is -2.02. The topological polar surface area (TPSA) is 149 Å². The van der Waals surface area contributed by atoms with Gasteiger partial charge in [0, 0.05) is 19.1 Å². The molecule has 2 rings (SSSR count). The summed E-state index contributed by atoms with van der Waals surface area (Å²) in [5.74, 6) is -2.51. The van der Waals surface area contributed by atoms with Gasteiger partial charge in [0.25, 0.3) is 0 Å². The normalized spacial score (nSPS) is 23.4. The van der Waals surface area contributed by atoms with E-state index in [1.165, 1.54) is 12.6 Å². The first-order valence-electron chi connectivity index (χ1n) is 7.10. The zero-order chi connectivity index (χ0) is 16.8. The van der Waals surface area contributed by atoms with Crippen LogP contribution in [0.1, 0.15) is 19.3 Å². The number of aliphatic imine (C=N–C) groups is 2. The van der Waals surface area contributed by atoms with Gasteiger partial charge in [0.15, 0.2) is 0 Å². The highest BCUT2D eigenvalue weighted by Crippen LogP contribution is 2.09. The van der Waals surface area contributed by atoms with Crippen LogP contribution in [0, 0.1) is 0 Å². The van der Waals surface area contributed by atoms with E-state index < -0.39 is 36.4 Å². The average molecular weight is 323 g/mol. The molecule has 4 N–H and O–H groups in total. The Morgan fingerprint density at radius 1 is 1.43 bits per heavy atom. The summed E-state index contributed by atoms with van der Waals surface area (Å²) >= 11 is 0. The quantitative estimate of drug-likeness (QED) is 0.420. The van der Waals surface area contributed by atoms with Gasteiger partial charge < -0.3 is 21.1 Å². The molecule has 2 aliphatic heterocycles. The number of hydrogen-bond acceptors (Lipinski definition) is 6. The van der Waals surface area contributed by atoms with Crippen LogP contribution in [0.25, 0.3) is 0 Å². The van der Waals surface area contributed by atoms with Crippen LogP contribution >= 0.6 is 0 Å². The summed E-state index contributed by atoms with van der Waals surface area (Å²) in [5.41, 5.74) is 0. The summed E-state index contributed by atoms with van der Waals surface area (Å²) in [5, 5.41) is 15.9. The maximum absolute atomic E-state index is 12.1. The van der Waals surface area contributed by atoms with Gasteiger partial charge in [-0.1, -0.05) is 0 Å². The highest BCUT2D eigenvalue weighted by Gasteiger charge is 2.31. The number of rotatable bonds is 7. The fraction of sp³-hybridized carbons (Fsp3) is 0.538. The lowest BCUT2D eigenvalue weighted by Gasteiger charge is -2.21. The molecule has 3 atom stereocenters. The first-order chi connectivity index (χ1) is 11.0. The second-order valence-electron chi connectivity index (χ2n) is 5.20. The molecule has 0 aromatic rings. The molecule has 0 aromatic carbocycles. The molecule has 0 saturated carbocycles. The van der Waals surface area contributed by atoms with Crippen molar-refractivity contribution in [3.8, 4) is 0 Å². The molecule has 0 radical (unpaired) electrons. The van der Waals surface area contributed by atoms with E-state index in [0.717, 1.165) is 0 Å². The van der Waals surface area contributed by atoms with Crippen LogP contribution in [0.5, 0.6) is 0 Å². The van der Waals surface area contributed by atoms with Crippen molar-refractivity contribution in [3.05, 3.63) is 0 Å². The van der Waals surface area contributed by atoms with Gasteiger partial charge in [-0.3, -0.25) is 24.2 Å². The second-order valence-corrected chi connectivity index (χ2v) is 5.20. The molecule has 10 heteroatoms. The Bertz CT molecular complexity index is 561. The van der Waals surface area contributed by atoms with E-state index in [2.05, 4.69) is 25.9 Å². The standard InChI is InChI=1S/C13H17N5O5/c19-10-2-1-8(17-10)13(23)18-9(3-7-4-14-6-16-7)12(22)15-5-11(20)21/h4,6-9H,1-3,5H2,(H,15,22)(H,17,19)(H,18,23)(H,20,21)/t7?,8-,9-/m0/s1. The molecule has 0 aromatic heterocycles. The number of carbonyl (C=O) groups is 4. The highest BCUT2D eigenvalue weighted by molar-refractivity contribution is 5.95. The van der Waals surface area contributed by atoms with E-state index in [1.54, 1.807) is 0 Å². The number of nitrogens with one attached hydrogen (secondary N) is 3. The van der Waals surface area contributed by atoms with Gasteiger partial charge in [-0.2, -0.15) is 0 Å². The molecule has 124 valence electrons. The van der Waals surface area contributed by atoms with E-state index >= 15 is 0 Å². The number of nitrogens with zero attached hydrogens (tertiary/aromatic N) is 2. The largest absolute Gasteiger partial charge is 0.480 e. The number of aliphatic carboxylic acids is 1. The smallest absolute Gasteiger partial charge is 0.322 e. The molecule has 23 heavy (non-hydrogen) atoms. The molecule has 0 aliphatic carbocycles.